The lowest BCUT2D eigenvalue weighted by atomic mass is 9.65. The van der Waals surface area contributed by atoms with E-state index in [2.05, 4.69) is 0 Å². The maximum absolute atomic E-state index is 11.3. The molecular weight excluding hydrogens is 152 g/mol. The van der Waals surface area contributed by atoms with Crippen LogP contribution in [-0.2, 0) is 9.59 Å². The molecular formula is C10H10O2. The highest BCUT2D eigenvalue weighted by Crippen LogP contribution is 2.43. The third-order valence-electron chi connectivity index (χ3n) is 2.87. The van der Waals surface area contributed by atoms with Gasteiger partial charge in [0.15, 0.2) is 11.6 Å². The van der Waals surface area contributed by atoms with Crippen molar-refractivity contribution >= 4 is 11.6 Å². The van der Waals surface area contributed by atoms with E-state index >= 15 is 0 Å². The van der Waals surface area contributed by atoms with Crippen molar-refractivity contribution in [2.45, 2.75) is 13.8 Å². The van der Waals surface area contributed by atoms with Gasteiger partial charge in [-0.2, -0.15) is 0 Å². The predicted octanol–water partition coefficient (Wildman–Crippen LogP) is 1.28. The fraction of sp³-hybridized carbons (Fsp3) is 0.400. The van der Waals surface area contributed by atoms with E-state index in [4.69, 9.17) is 0 Å². The minimum atomic E-state index is 0.0233. The summed E-state index contributed by atoms with van der Waals surface area (Å²) in [6.45, 7) is 3.99. The Morgan fingerprint density at radius 2 is 1.25 bits per heavy atom. The Labute approximate surface area is 71.0 Å². The highest BCUT2D eigenvalue weighted by atomic mass is 16.1. The molecule has 2 atom stereocenters. The number of hydrogen-bond donors (Lipinski definition) is 0. The van der Waals surface area contributed by atoms with Gasteiger partial charge in [0, 0.05) is 11.1 Å². The fourth-order valence-electron chi connectivity index (χ4n) is 1.94. The van der Waals surface area contributed by atoms with Gasteiger partial charge >= 0.3 is 0 Å². The first-order chi connectivity index (χ1) is 5.63. The maximum atomic E-state index is 11.3. The Balaban J connectivity index is 2.49. The van der Waals surface area contributed by atoms with Gasteiger partial charge in [-0.3, -0.25) is 9.59 Å². The summed E-state index contributed by atoms with van der Waals surface area (Å²) in [5, 5.41) is 0. The van der Waals surface area contributed by atoms with Gasteiger partial charge in [-0.25, -0.2) is 0 Å². The van der Waals surface area contributed by atoms with E-state index in [0.29, 0.717) is 0 Å². The molecule has 62 valence electrons. The quantitative estimate of drug-likeness (QED) is 0.503. The van der Waals surface area contributed by atoms with Crippen LogP contribution >= 0.6 is 0 Å². The van der Waals surface area contributed by atoms with Crippen LogP contribution in [-0.4, -0.2) is 11.6 Å². The second kappa shape index (κ2) is 2.16. The Morgan fingerprint density at radius 1 is 0.917 bits per heavy atom. The van der Waals surface area contributed by atoms with Gasteiger partial charge in [0.2, 0.25) is 0 Å². The van der Waals surface area contributed by atoms with E-state index in [1.165, 1.54) is 12.2 Å². The summed E-state index contributed by atoms with van der Waals surface area (Å²) >= 11 is 0. The number of carbonyl (C=O) groups is 2. The van der Waals surface area contributed by atoms with Gasteiger partial charge in [0.25, 0.3) is 0 Å². The molecule has 0 amide bonds. The molecule has 2 nitrogen and oxygen atoms in total. The minimum absolute atomic E-state index is 0.0233. The van der Waals surface area contributed by atoms with E-state index in [0.717, 1.165) is 11.1 Å². The van der Waals surface area contributed by atoms with Crippen molar-refractivity contribution in [3.63, 3.8) is 0 Å². The van der Waals surface area contributed by atoms with Crippen LogP contribution in [0.25, 0.3) is 0 Å². The topological polar surface area (TPSA) is 34.1 Å². The monoisotopic (exact) mass is 162 g/mol. The predicted molar refractivity (Wildman–Crippen MR) is 44.5 cm³/mol. The van der Waals surface area contributed by atoms with Crippen molar-refractivity contribution in [3.8, 4) is 0 Å². The number of carbonyl (C=O) groups excluding carboxylic acids is 2. The SMILES string of the molecule is CC1C2=C(C(=O)C=CC2=O)C1C. The average molecular weight is 162 g/mol. The van der Waals surface area contributed by atoms with Crippen LogP contribution in [0.1, 0.15) is 13.8 Å². The Bertz CT molecular complexity index is 302. The largest absolute Gasteiger partial charge is 0.290 e. The average Bonchev–Trinajstić information content (AvgIpc) is 2.07. The first kappa shape index (κ1) is 7.47. The van der Waals surface area contributed by atoms with Crippen molar-refractivity contribution in [2.75, 3.05) is 0 Å². The molecule has 0 N–H and O–H groups in total. The van der Waals surface area contributed by atoms with Crippen molar-refractivity contribution in [1.29, 1.82) is 0 Å². The van der Waals surface area contributed by atoms with Gasteiger partial charge in [0.1, 0.15) is 0 Å². The number of allylic oxidation sites excluding steroid dienone is 4. The minimum Gasteiger partial charge on any atom is -0.290 e. The van der Waals surface area contributed by atoms with Crippen LogP contribution in [0.2, 0.25) is 0 Å². The summed E-state index contributed by atoms with van der Waals surface area (Å²) in [7, 11) is 0. The lowest BCUT2D eigenvalue weighted by molar-refractivity contribution is -0.117. The summed E-state index contributed by atoms with van der Waals surface area (Å²) < 4.78 is 0. The molecule has 2 unspecified atom stereocenters. The van der Waals surface area contributed by atoms with Crippen LogP contribution in [0.15, 0.2) is 23.3 Å². The van der Waals surface area contributed by atoms with Crippen LogP contribution in [0, 0.1) is 11.8 Å². The lowest BCUT2D eigenvalue weighted by Crippen LogP contribution is -2.36. The first-order valence-electron chi connectivity index (χ1n) is 4.13. The molecule has 0 saturated carbocycles. The highest BCUT2D eigenvalue weighted by Gasteiger charge is 2.41. The van der Waals surface area contributed by atoms with Crippen molar-refractivity contribution < 1.29 is 9.59 Å². The first-order valence-corrected chi connectivity index (χ1v) is 4.13. The van der Waals surface area contributed by atoms with E-state index in [1.54, 1.807) is 0 Å². The van der Waals surface area contributed by atoms with Crippen LogP contribution in [0.4, 0.5) is 0 Å². The Kier molecular flexibility index (Phi) is 1.34. The summed E-state index contributed by atoms with van der Waals surface area (Å²) in [6, 6.07) is 0. The van der Waals surface area contributed by atoms with Crippen molar-refractivity contribution in [3.05, 3.63) is 23.3 Å². The molecule has 0 saturated heterocycles. The lowest BCUT2D eigenvalue weighted by Gasteiger charge is -2.36. The Hall–Kier alpha value is -1.18. The molecule has 0 aromatic heterocycles. The maximum Gasteiger partial charge on any atom is 0.182 e. The molecule has 2 rings (SSSR count). The molecule has 0 radical (unpaired) electrons. The fourth-order valence-corrected chi connectivity index (χ4v) is 1.94. The molecule has 2 aliphatic carbocycles. The molecule has 0 spiro atoms. The summed E-state index contributed by atoms with van der Waals surface area (Å²) in [6.07, 6.45) is 2.76. The molecule has 2 aliphatic rings. The molecule has 0 aliphatic heterocycles. The van der Waals surface area contributed by atoms with E-state index in [1.807, 2.05) is 13.8 Å². The number of rotatable bonds is 0. The van der Waals surface area contributed by atoms with E-state index in [9.17, 15) is 9.59 Å². The second-order valence-electron chi connectivity index (χ2n) is 3.47. The van der Waals surface area contributed by atoms with E-state index in [-0.39, 0.29) is 23.4 Å². The number of hydrogen-bond acceptors (Lipinski definition) is 2. The summed E-state index contributed by atoms with van der Waals surface area (Å²) in [5.74, 6) is 0.577. The van der Waals surface area contributed by atoms with Gasteiger partial charge < -0.3 is 0 Å². The van der Waals surface area contributed by atoms with Crippen LogP contribution in [0.3, 0.4) is 0 Å². The van der Waals surface area contributed by atoms with Crippen LogP contribution in [0.5, 0.6) is 0 Å². The summed E-state index contributed by atoms with van der Waals surface area (Å²) in [5.41, 5.74) is 1.49. The van der Waals surface area contributed by atoms with Gasteiger partial charge in [-0.05, 0) is 24.0 Å². The van der Waals surface area contributed by atoms with Crippen molar-refractivity contribution in [2.24, 2.45) is 11.8 Å². The zero-order valence-electron chi connectivity index (χ0n) is 7.13. The molecule has 0 heterocycles. The third-order valence-corrected chi connectivity index (χ3v) is 2.87. The standard InChI is InChI=1S/C10H10O2/c1-5-6(2)10-8(12)4-3-7(11)9(5)10/h3-6H,1-2H3. The van der Waals surface area contributed by atoms with Gasteiger partial charge in [0.05, 0.1) is 0 Å². The van der Waals surface area contributed by atoms with Gasteiger partial charge in [-0.15, -0.1) is 0 Å². The Morgan fingerprint density at radius 3 is 1.58 bits per heavy atom. The molecule has 0 fully saturated rings. The zero-order chi connectivity index (χ0) is 8.88. The zero-order valence-corrected chi connectivity index (χ0v) is 7.13. The normalized spacial score (nSPS) is 33.5. The highest BCUT2D eigenvalue weighted by molar-refractivity contribution is 6.22. The molecule has 2 heteroatoms. The van der Waals surface area contributed by atoms with Gasteiger partial charge in [-0.1, -0.05) is 13.8 Å². The number of ketones is 2. The summed E-state index contributed by atoms with van der Waals surface area (Å²) in [4.78, 5) is 22.5. The van der Waals surface area contributed by atoms with Crippen molar-refractivity contribution in [1.82, 2.24) is 0 Å². The third kappa shape index (κ3) is 0.697. The molecule has 0 aromatic rings. The smallest absolute Gasteiger partial charge is 0.182 e. The second-order valence-corrected chi connectivity index (χ2v) is 3.47. The molecule has 12 heavy (non-hydrogen) atoms. The molecule has 0 bridgehead atoms. The van der Waals surface area contributed by atoms with Crippen LogP contribution < -0.4 is 0 Å². The van der Waals surface area contributed by atoms with E-state index < -0.39 is 0 Å². The molecule has 0 aromatic carbocycles.